The highest BCUT2D eigenvalue weighted by molar-refractivity contribution is 5.81. The molecule has 1 aliphatic carbocycles. The van der Waals surface area contributed by atoms with E-state index < -0.39 is 0 Å². The average molecular weight is 372 g/mol. The maximum absolute atomic E-state index is 12.9. The van der Waals surface area contributed by atoms with Crippen LogP contribution in [0.4, 0.5) is 5.69 Å². The highest BCUT2D eigenvalue weighted by Crippen LogP contribution is 2.30. The van der Waals surface area contributed by atoms with Gasteiger partial charge in [0.15, 0.2) is 0 Å². The monoisotopic (exact) mass is 371 g/mol. The van der Waals surface area contributed by atoms with Gasteiger partial charge in [0.05, 0.1) is 0 Å². The van der Waals surface area contributed by atoms with Gasteiger partial charge in [-0.05, 0) is 43.7 Å². The van der Waals surface area contributed by atoms with Crippen LogP contribution in [-0.2, 0) is 9.59 Å². The van der Waals surface area contributed by atoms with E-state index in [0.717, 1.165) is 58.4 Å². The number of hydrogen-bond donors (Lipinski definition) is 1. The summed E-state index contributed by atoms with van der Waals surface area (Å²) >= 11 is 0. The van der Waals surface area contributed by atoms with Crippen LogP contribution in [0.2, 0.25) is 0 Å². The fraction of sp³-hybridized carbons (Fsp3) is 0.636. The van der Waals surface area contributed by atoms with E-state index in [9.17, 15) is 9.59 Å². The standard InChI is InChI=1S/C22H33N3O2/c1-17(2)16-23-21(26)18-8-10-19(11-9-18)22(27)25-14-12-24(13-15-25)20-6-4-3-5-7-20/h3-7,17-19H,8-16H2,1-2H3,(H,23,26). The predicted molar refractivity (Wildman–Crippen MR) is 109 cm³/mol. The van der Waals surface area contributed by atoms with Gasteiger partial charge in [-0.25, -0.2) is 0 Å². The Labute approximate surface area is 163 Å². The van der Waals surface area contributed by atoms with Crippen molar-refractivity contribution in [3.8, 4) is 0 Å². The molecular weight excluding hydrogens is 338 g/mol. The number of amides is 2. The molecule has 1 N–H and O–H groups in total. The van der Waals surface area contributed by atoms with Gasteiger partial charge in [-0.3, -0.25) is 9.59 Å². The van der Waals surface area contributed by atoms with E-state index in [2.05, 4.69) is 48.3 Å². The lowest BCUT2D eigenvalue weighted by atomic mass is 9.80. The summed E-state index contributed by atoms with van der Waals surface area (Å²) in [6, 6.07) is 10.4. The van der Waals surface area contributed by atoms with Gasteiger partial charge in [-0.1, -0.05) is 32.0 Å². The minimum absolute atomic E-state index is 0.0859. The number of nitrogens with zero attached hydrogens (tertiary/aromatic N) is 2. The molecule has 1 saturated carbocycles. The van der Waals surface area contributed by atoms with Crippen LogP contribution in [0.5, 0.6) is 0 Å². The molecular formula is C22H33N3O2. The Morgan fingerprint density at radius 2 is 1.56 bits per heavy atom. The molecule has 1 aromatic rings. The molecule has 0 unspecified atom stereocenters. The molecule has 3 rings (SSSR count). The number of piperazine rings is 1. The number of carbonyl (C=O) groups excluding carboxylic acids is 2. The van der Waals surface area contributed by atoms with Crippen molar-refractivity contribution in [2.75, 3.05) is 37.6 Å². The first-order valence-corrected chi connectivity index (χ1v) is 10.4. The summed E-state index contributed by atoms with van der Waals surface area (Å²) < 4.78 is 0. The molecule has 148 valence electrons. The zero-order valence-corrected chi connectivity index (χ0v) is 16.7. The molecule has 0 atom stereocenters. The summed E-state index contributed by atoms with van der Waals surface area (Å²) in [6.07, 6.45) is 3.36. The number of nitrogens with one attached hydrogen (secondary N) is 1. The van der Waals surface area contributed by atoms with Gasteiger partial charge in [-0.2, -0.15) is 0 Å². The normalized spacial score (nSPS) is 23.4. The smallest absolute Gasteiger partial charge is 0.225 e. The molecule has 2 fully saturated rings. The van der Waals surface area contributed by atoms with Crippen molar-refractivity contribution in [3.05, 3.63) is 30.3 Å². The maximum Gasteiger partial charge on any atom is 0.225 e. The van der Waals surface area contributed by atoms with E-state index in [0.29, 0.717) is 11.8 Å². The van der Waals surface area contributed by atoms with Gasteiger partial charge in [0.1, 0.15) is 0 Å². The van der Waals surface area contributed by atoms with Crippen LogP contribution in [0.25, 0.3) is 0 Å². The van der Waals surface area contributed by atoms with E-state index >= 15 is 0 Å². The molecule has 1 aromatic carbocycles. The van der Waals surface area contributed by atoms with Gasteiger partial charge in [-0.15, -0.1) is 0 Å². The zero-order chi connectivity index (χ0) is 19.2. The third kappa shape index (κ3) is 5.24. The first-order chi connectivity index (χ1) is 13.0. The SMILES string of the molecule is CC(C)CNC(=O)C1CCC(C(=O)N2CCN(c3ccccc3)CC2)CC1. The summed E-state index contributed by atoms with van der Waals surface area (Å²) in [5.41, 5.74) is 1.23. The highest BCUT2D eigenvalue weighted by atomic mass is 16.2. The third-order valence-corrected chi connectivity index (χ3v) is 5.84. The number of anilines is 1. The van der Waals surface area contributed by atoms with Gasteiger partial charge in [0, 0.05) is 50.2 Å². The summed E-state index contributed by atoms with van der Waals surface area (Å²) in [4.78, 5) is 29.5. The predicted octanol–water partition coefficient (Wildman–Crippen LogP) is 2.91. The molecule has 0 spiro atoms. The maximum atomic E-state index is 12.9. The number of carbonyl (C=O) groups is 2. The fourth-order valence-corrected chi connectivity index (χ4v) is 4.13. The van der Waals surface area contributed by atoms with Crippen LogP contribution in [-0.4, -0.2) is 49.4 Å². The molecule has 1 aliphatic heterocycles. The van der Waals surface area contributed by atoms with Crippen LogP contribution in [0.3, 0.4) is 0 Å². The summed E-state index contributed by atoms with van der Waals surface area (Å²) in [5.74, 6) is 1.13. The summed E-state index contributed by atoms with van der Waals surface area (Å²) in [5, 5.41) is 3.04. The van der Waals surface area contributed by atoms with Crippen molar-refractivity contribution in [1.82, 2.24) is 10.2 Å². The van der Waals surface area contributed by atoms with Crippen LogP contribution < -0.4 is 10.2 Å². The minimum atomic E-state index is 0.0859. The van der Waals surface area contributed by atoms with Gasteiger partial charge in [0.2, 0.25) is 11.8 Å². The van der Waals surface area contributed by atoms with Crippen LogP contribution in [0.15, 0.2) is 30.3 Å². The van der Waals surface area contributed by atoms with Crippen molar-refractivity contribution in [3.63, 3.8) is 0 Å². The first-order valence-electron chi connectivity index (χ1n) is 10.4. The number of para-hydroxylation sites is 1. The molecule has 0 aromatic heterocycles. The lowest BCUT2D eigenvalue weighted by molar-refractivity contribution is -0.138. The molecule has 5 nitrogen and oxygen atoms in total. The minimum Gasteiger partial charge on any atom is -0.368 e. The summed E-state index contributed by atoms with van der Waals surface area (Å²) in [7, 11) is 0. The molecule has 2 amide bonds. The van der Waals surface area contributed by atoms with Crippen molar-refractivity contribution in [2.45, 2.75) is 39.5 Å². The van der Waals surface area contributed by atoms with Crippen molar-refractivity contribution >= 4 is 17.5 Å². The van der Waals surface area contributed by atoms with Crippen LogP contribution >= 0.6 is 0 Å². The topological polar surface area (TPSA) is 52.7 Å². The molecule has 2 aliphatic rings. The van der Waals surface area contributed by atoms with E-state index in [4.69, 9.17) is 0 Å². The average Bonchev–Trinajstić information content (AvgIpc) is 2.72. The Hall–Kier alpha value is -2.04. The Kier molecular flexibility index (Phi) is 6.75. The lowest BCUT2D eigenvalue weighted by Crippen LogP contribution is -2.51. The van der Waals surface area contributed by atoms with E-state index in [1.165, 1.54) is 5.69 Å². The Morgan fingerprint density at radius 3 is 2.15 bits per heavy atom. The van der Waals surface area contributed by atoms with Crippen LogP contribution in [0, 0.1) is 17.8 Å². The van der Waals surface area contributed by atoms with Crippen molar-refractivity contribution < 1.29 is 9.59 Å². The molecule has 5 heteroatoms. The second-order valence-electron chi connectivity index (χ2n) is 8.34. The Bertz CT molecular complexity index is 616. The number of benzene rings is 1. The largest absolute Gasteiger partial charge is 0.368 e. The van der Waals surface area contributed by atoms with E-state index in [1.807, 2.05) is 11.0 Å². The molecule has 1 saturated heterocycles. The van der Waals surface area contributed by atoms with Gasteiger partial charge in [0.25, 0.3) is 0 Å². The Balaban J connectivity index is 1.43. The number of rotatable bonds is 5. The van der Waals surface area contributed by atoms with Gasteiger partial charge >= 0.3 is 0 Å². The summed E-state index contributed by atoms with van der Waals surface area (Å²) in [6.45, 7) is 8.32. The quantitative estimate of drug-likeness (QED) is 0.866. The van der Waals surface area contributed by atoms with Crippen molar-refractivity contribution in [1.29, 1.82) is 0 Å². The second kappa shape index (κ2) is 9.25. The third-order valence-electron chi connectivity index (χ3n) is 5.84. The fourth-order valence-electron chi connectivity index (χ4n) is 4.13. The van der Waals surface area contributed by atoms with Gasteiger partial charge < -0.3 is 15.1 Å². The van der Waals surface area contributed by atoms with E-state index in [1.54, 1.807) is 0 Å². The Morgan fingerprint density at radius 1 is 0.963 bits per heavy atom. The highest BCUT2D eigenvalue weighted by Gasteiger charge is 2.33. The molecule has 0 bridgehead atoms. The second-order valence-corrected chi connectivity index (χ2v) is 8.34. The first kappa shape index (κ1) is 19.7. The zero-order valence-electron chi connectivity index (χ0n) is 16.7. The lowest BCUT2D eigenvalue weighted by Gasteiger charge is -2.38. The van der Waals surface area contributed by atoms with Crippen molar-refractivity contribution in [2.24, 2.45) is 17.8 Å². The molecule has 0 radical (unpaired) electrons. The molecule has 1 heterocycles. The van der Waals surface area contributed by atoms with Crippen LogP contribution in [0.1, 0.15) is 39.5 Å². The number of hydrogen-bond acceptors (Lipinski definition) is 3. The molecule has 27 heavy (non-hydrogen) atoms. The van der Waals surface area contributed by atoms with E-state index in [-0.39, 0.29) is 17.7 Å².